The van der Waals surface area contributed by atoms with E-state index in [9.17, 15) is 9.59 Å². The third kappa shape index (κ3) is 26.3. The number of hydrogen-bond donors (Lipinski definition) is 0. The van der Waals surface area contributed by atoms with E-state index < -0.39 is 0 Å². The van der Waals surface area contributed by atoms with Gasteiger partial charge in [0, 0.05) is 26.0 Å². The van der Waals surface area contributed by atoms with Crippen molar-refractivity contribution in [2.45, 2.75) is 200 Å². The topological polar surface area (TPSA) is 55.8 Å². The van der Waals surface area contributed by atoms with E-state index in [1.165, 1.54) is 154 Å². The van der Waals surface area contributed by atoms with Gasteiger partial charge < -0.3 is 19.2 Å². The Bertz CT molecular complexity index is 611. The lowest BCUT2D eigenvalue weighted by Gasteiger charge is -2.20. The molecule has 0 saturated carbocycles. The Kier molecular flexibility index (Phi) is 29.9. The molecule has 0 bridgehead atoms. The maximum atomic E-state index is 12.3. The van der Waals surface area contributed by atoms with E-state index in [0.29, 0.717) is 19.1 Å². The van der Waals surface area contributed by atoms with Gasteiger partial charge in [-0.3, -0.25) is 4.79 Å². The maximum Gasteiger partial charge on any atom is 0.305 e. The van der Waals surface area contributed by atoms with E-state index in [1.54, 1.807) is 0 Å². The van der Waals surface area contributed by atoms with Crippen LogP contribution in [0, 0.1) is 5.92 Å². The predicted octanol–water partition coefficient (Wildman–Crippen LogP) is 11.0. The summed E-state index contributed by atoms with van der Waals surface area (Å²) in [5.74, 6) is 0.738. The fraction of sp³-hybridized carbons (Fsp3) is 0.949. The Balaban J connectivity index is 2.12. The number of carbonyl (C=O) groups is 2. The minimum atomic E-state index is 0.0107. The van der Waals surface area contributed by atoms with Gasteiger partial charge in [0.1, 0.15) is 6.29 Å². The van der Waals surface area contributed by atoms with Crippen LogP contribution in [0.15, 0.2) is 0 Å². The second-order valence-corrected chi connectivity index (χ2v) is 13.8. The van der Waals surface area contributed by atoms with Crippen molar-refractivity contribution in [2.75, 3.05) is 32.8 Å². The van der Waals surface area contributed by atoms with E-state index in [2.05, 4.69) is 18.7 Å². The standard InChI is InChI=1S/C39H75NO4/c1-3-5-16-25-37(26-17-6-4-2)30-36-44-39(42)29-20-14-10-9-13-19-28-38(27-18-12-8-7-11-15-23-34-41)43-35-24-33-40-31-21-22-32-40/h34,37-38H,3-33,35-36H2,1-2H3. The van der Waals surface area contributed by atoms with E-state index in [4.69, 9.17) is 9.47 Å². The number of ether oxygens (including phenoxy) is 2. The number of nitrogens with zero attached hydrogens (tertiary/aromatic N) is 1. The zero-order chi connectivity index (χ0) is 31.8. The van der Waals surface area contributed by atoms with Gasteiger partial charge in [0.2, 0.25) is 0 Å². The van der Waals surface area contributed by atoms with Gasteiger partial charge in [0.15, 0.2) is 0 Å². The van der Waals surface area contributed by atoms with E-state index in [0.717, 1.165) is 57.3 Å². The predicted molar refractivity (Wildman–Crippen MR) is 187 cm³/mol. The highest BCUT2D eigenvalue weighted by Gasteiger charge is 2.13. The Morgan fingerprint density at radius 2 is 1.18 bits per heavy atom. The highest BCUT2D eigenvalue weighted by molar-refractivity contribution is 5.69. The Hall–Kier alpha value is -0.940. The number of likely N-dealkylation sites (tertiary alicyclic amines) is 1. The molecule has 0 aliphatic carbocycles. The molecule has 0 aromatic rings. The molecular formula is C39H75NO4. The highest BCUT2D eigenvalue weighted by atomic mass is 16.5. The van der Waals surface area contributed by atoms with Gasteiger partial charge in [-0.2, -0.15) is 0 Å². The minimum absolute atomic E-state index is 0.0107. The molecule has 0 aromatic carbocycles. The van der Waals surface area contributed by atoms with E-state index >= 15 is 0 Å². The average Bonchev–Trinajstić information content (AvgIpc) is 3.55. The Labute approximate surface area is 274 Å². The van der Waals surface area contributed by atoms with Gasteiger partial charge in [-0.05, 0) is 70.4 Å². The molecule has 1 aliphatic rings. The van der Waals surface area contributed by atoms with Gasteiger partial charge in [-0.25, -0.2) is 0 Å². The zero-order valence-electron chi connectivity index (χ0n) is 29.6. The monoisotopic (exact) mass is 622 g/mol. The lowest BCUT2D eigenvalue weighted by Crippen LogP contribution is -2.23. The van der Waals surface area contributed by atoms with Crippen LogP contribution in [0.3, 0.4) is 0 Å². The second kappa shape index (κ2) is 32.0. The van der Waals surface area contributed by atoms with Crippen LogP contribution < -0.4 is 0 Å². The van der Waals surface area contributed by atoms with E-state index in [1.807, 2.05) is 0 Å². The fourth-order valence-corrected chi connectivity index (χ4v) is 6.72. The summed E-state index contributed by atoms with van der Waals surface area (Å²) in [5.41, 5.74) is 0. The quantitative estimate of drug-likeness (QED) is 0.0406. The summed E-state index contributed by atoms with van der Waals surface area (Å²) >= 11 is 0. The van der Waals surface area contributed by atoms with Crippen LogP contribution >= 0.6 is 0 Å². The van der Waals surface area contributed by atoms with Gasteiger partial charge in [0.25, 0.3) is 0 Å². The van der Waals surface area contributed by atoms with Crippen molar-refractivity contribution in [3.05, 3.63) is 0 Å². The molecule has 1 rings (SSSR count). The second-order valence-electron chi connectivity index (χ2n) is 13.8. The van der Waals surface area contributed by atoms with Crippen molar-refractivity contribution in [2.24, 2.45) is 5.92 Å². The molecule has 1 aliphatic heterocycles. The van der Waals surface area contributed by atoms with Crippen LogP contribution in [0.5, 0.6) is 0 Å². The normalized spacial score (nSPS) is 14.4. The van der Waals surface area contributed by atoms with Crippen molar-refractivity contribution >= 4 is 12.3 Å². The van der Waals surface area contributed by atoms with E-state index in [-0.39, 0.29) is 5.97 Å². The first kappa shape index (κ1) is 41.1. The molecule has 0 aromatic heterocycles. The molecule has 1 unspecified atom stereocenters. The number of aldehydes is 1. The number of carbonyl (C=O) groups excluding carboxylic acids is 2. The molecule has 5 heteroatoms. The van der Waals surface area contributed by atoms with Crippen LogP contribution in [0.25, 0.3) is 0 Å². The molecule has 1 atom stereocenters. The molecule has 0 N–H and O–H groups in total. The number of esters is 1. The maximum absolute atomic E-state index is 12.3. The highest BCUT2D eigenvalue weighted by Crippen LogP contribution is 2.22. The summed E-state index contributed by atoms with van der Waals surface area (Å²) < 4.78 is 12.0. The zero-order valence-corrected chi connectivity index (χ0v) is 29.6. The largest absolute Gasteiger partial charge is 0.466 e. The van der Waals surface area contributed by atoms with Crippen molar-refractivity contribution in [1.82, 2.24) is 4.90 Å². The number of rotatable bonds is 34. The Morgan fingerprint density at radius 1 is 0.636 bits per heavy atom. The van der Waals surface area contributed by atoms with Gasteiger partial charge in [-0.1, -0.05) is 129 Å². The molecule has 0 spiro atoms. The molecular weight excluding hydrogens is 546 g/mol. The van der Waals surface area contributed by atoms with Gasteiger partial charge >= 0.3 is 5.97 Å². The number of unbranched alkanes of at least 4 members (excludes halogenated alkanes) is 15. The molecule has 44 heavy (non-hydrogen) atoms. The molecule has 1 heterocycles. The average molecular weight is 622 g/mol. The van der Waals surface area contributed by atoms with Crippen LogP contribution in [0.1, 0.15) is 194 Å². The van der Waals surface area contributed by atoms with Crippen molar-refractivity contribution in [3.8, 4) is 0 Å². The molecule has 0 radical (unpaired) electrons. The van der Waals surface area contributed by atoms with Crippen molar-refractivity contribution in [1.29, 1.82) is 0 Å². The van der Waals surface area contributed by atoms with Gasteiger partial charge in [0.05, 0.1) is 12.7 Å². The van der Waals surface area contributed by atoms with Crippen molar-refractivity contribution < 1.29 is 19.1 Å². The molecule has 1 saturated heterocycles. The first-order valence-electron chi connectivity index (χ1n) is 19.6. The van der Waals surface area contributed by atoms with Crippen LogP contribution in [0.4, 0.5) is 0 Å². The SMILES string of the molecule is CCCCCC(CCCCC)CCOC(=O)CCCCCCCCC(CCCCCCCCC=O)OCCCN1CCCC1. The van der Waals surface area contributed by atoms with Crippen LogP contribution in [-0.4, -0.2) is 56.1 Å². The molecule has 0 amide bonds. The summed E-state index contributed by atoms with van der Waals surface area (Å²) in [6.07, 6.45) is 34.9. The molecule has 5 nitrogen and oxygen atoms in total. The number of hydrogen-bond acceptors (Lipinski definition) is 5. The van der Waals surface area contributed by atoms with Gasteiger partial charge in [-0.15, -0.1) is 0 Å². The summed E-state index contributed by atoms with van der Waals surface area (Å²) in [6, 6.07) is 0. The summed E-state index contributed by atoms with van der Waals surface area (Å²) in [7, 11) is 0. The lowest BCUT2D eigenvalue weighted by molar-refractivity contribution is -0.144. The fourth-order valence-electron chi connectivity index (χ4n) is 6.72. The first-order valence-corrected chi connectivity index (χ1v) is 19.6. The minimum Gasteiger partial charge on any atom is -0.466 e. The summed E-state index contributed by atoms with van der Waals surface area (Å²) in [5, 5.41) is 0. The molecule has 260 valence electrons. The third-order valence-electron chi connectivity index (χ3n) is 9.65. The lowest BCUT2D eigenvalue weighted by atomic mass is 9.92. The summed E-state index contributed by atoms with van der Waals surface area (Å²) in [6.45, 7) is 9.80. The van der Waals surface area contributed by atoms with Crippen molar-refractivity contribution in [3.63, 3.8) is 0 Å². The third-order valence-corrected chi connectivity index (χ3v) is 9.65. The Morgan fingerprint density at radius 3 is 1.77 bits per heavy atom. The smallest absolute Gasteiger partial charge is 0.305 e. The summed E-state index contributed by atoms with van der Waals surface area (Å²) in [4.78, 5) is 25.3. The van der Waals surface area contributed by atoms with Crippen LogP contribution in [-0.2, 0) is 19.1 Å². The van der Waals surface area contributed by atoms with Crippen LogP contribution in [0.2, 0.25) is 0 Å². The molecule has 1 fully saturated rings. The first-order chi connectivity index (χ1) is 21.7.